The molecule has 0 radical (unpaired) electrons. The summed E-state index contributed by atoms with van der Waals surface area (Å²) in [5.74, 6) is 1.51. The molecule has 1 aromatic carbocycles. The van der Waals surface area contributed by atoms with Crippen molar-refractivity contribution < 1.29 is 14.3 Å². The summed E-state index contributed by atoms with van der Waals surface area (Å²) in [7, 11) is 0. The van der Waals surface area contributed by atoms with Gasteiger partial charge >= 0.3 is 0 Å². The van der Waals surface area contributed by atoms with Crippen LogP contribution in [0, 0.1) is 0 Å². The van der Waals surface area contributed by atoms with Gasteiger partial charge in [0.1, 0.15) is 5.75 Å². The van der Waals surface area contributed by atoms with E-state index in [0.717, 1.165) is 29.7 Å². The van der Waals surface area contributed by atoms with Gasteiger partial charge in [-0.15, -0.1) is 0 Å². The van der Waals surface area contributed by atoms with Crippen LogP contribution in [0.5, 0.6) is 11.6 Å². The lowest BCUT2D eigenvalue weighted by molar-refractivity contribution is -0.121. The van der Waals surface area contributed by atoms with Crippen molar-refractivity contribution in [3.63, 3.8) is 0 Å². The fourth-order valence-corrected chi connectivity index (χ4v) is 3.40. The van der Waals surface area contributed by atoms with Crippen molar-refractivity contribution in [1.29, 1.82) is 0 Å². The summed E-state index contributed by atoms with van der Waals surface area (Å²) in [6.45, 7) is 4.34. The number of carbonyl (C=O) groups excluding carboxylic acids is 1. The molecule has 1 aromatic heterocycles. The normalized spacial score (nSPS) is 14.2. The van der Waals surface area contributed by atoms with Crippen LogP contribution >= 0.6 is 0 Å². The first kappa shape index (κ1) is 20.2. The van der Waals surface area contributed by atoms with Crippen molar-refractivity contribution in [2.45, 2.75) is 71.1 Å². The maximum atomic E-state index is 12.3. The molecule has 28 heavy (non-hydrogen) atoms. The number of rotatable bonds is 9. The van der Waals surface area contributed by atoms with Gasteiger partial charge in [-0.2, -0.15) is 0 Å². The summed E-state index contributed by atoms with van der Waals surface area (Å²) >= 11 is 0. The Kier molecular flexibility index (Phi) is 7.29. The van der Waals surface area contributed by atoms with Gasteiger partial charge in [-0.05, 0) is 69.7 Å². The number of nitrogens with one attached hydrogen (secondary N) is 1. The molecule has 0 unspecified atom stereocenters. The SMILES string of the molecule is CC(C)Oc1ncccc1CNC(=O)CCc1cccc(OC2CCCC2)c1. The molecule has 5 nitrogen and oxygen atoms in total. The highest BCUT2D eigenvalue weighted by Gasteiger charge is 2.16. The Labute approximate surface area is 167 Å². The smallest absolute Gasteiger partial charge is 0.220 e. The van der Waals surface area contributed by atoms with Crippen LogP contribution in [0.2, 0.25) is 0 Å². The van der Waals surface area contributed by atoms with E-state index in [9.17, 15) is 4.79 Å². The lowest BCUT2D eigenvalue weighted by atomic mass is 10.1. The number of carbonyl (C=O) groups is 1. The molecule has 0 saturated heterocycles. The van der Waals surface area contributed by atoms with Gasteiger partial charge in [0.15, 0.2) is 0 Å². The standard InChI is InChI=1S/C23H30N2O3/c1-17(2)27-23-19(8-6-14-24-23)16-25-22(26)13-12-18-7-5-11-21(15-18)28-20-9-3-4-10-20/h5-8,11,14-15,17,20H,3-4,9-10,12-13,16H2,1-2H3,(H,25,26). The van der Waals surface area contributed by atoms with Gasteiger partial charge in [0, 0.05) is 24.7 Å². The summed E-state index contributed by atoms with van der Waals surface area (Å²) in [4.78, 5) is 16.5. The van der Waals surface area contributed by atoms with Crippen molar-refractivity contribution in [3.05, 3.63) is 53.7 Å². The quantitative estimate of drug-likeness (QED) is 0.696. The van der Waals surface area contributed by atoms with E-state index in [2.05, 4.69) is 16.4 Å². The fraction of sp³-hybridized carbons (Fsp3) is 0.478. The number of ether oxygens (including phenoxy) is 2. The second kappa shape index (κ2) is 10.1. The Balaban J connectivity index is 1.47. The zero-order valence-electron chi connectivity index (χ0n) is 16.8. The molecule has 1 aliphatic carbocycles. The molecule has 3 rings (SSSR count). The molecule has 1 saturated carbocycles. The molecular formula is C23H30N2O3. The van der Waals surface area contributed by atoms with E-state index in [1.54, 1.807) is 6.20 Å². The topological polar surface area (TPSA) is 60.5 Å². The van der Waals surface area contributed by atoms with Crippen molar-refractivity contribution in [3.8, 4) is 11.6 Å². The van der Waals surface area contributed by atoms with Crippen molar-refractivity contribution in [2.75, 3.05) is 0 Å². The number of nitrogens with zero attached hydrogens (tertiary/aromatic N) is 1. The van der Waals surface area contributed by atoms with Crippen LogP contribution in [0.15, 0.2) is 42.6 Å². The van der Waals surface area contributed by atoms with E-state index in [1.807, 2.05) is 44.2 Å². The molecule has 0 aliphatic heterocycles. The third-order valence-electron chi connectivity index (χ3n) is 4.82. The molecule has 1 fully saturated rings. The fourth-order valence-electron chi connectivity index (χ4n) is 3.40. The summed E-state index contributed by atoms with van der Waals surface area (Å²) in [5.41, 5.74) is 2.01. The Morgan fingerprint density at radius 3 is 2.82 bits per heavy atom. The molecule has 0 atom stereocenters. The number of aryl methyl sites for hydroxylation is 1. The second-order valence-corrected chi connectivity index (χ2v) is 7.58. The predicted octanol–water partition coefficient (Wildman–Crippen LogP) is 4.44. The lowest BCUT2D eigenvalue weighted by Crippen LogP contribution is -2.23. The first-order valence-electron chi connectivity index (χ1n) is 10.2. The number of hydrogen-bond acceptors (Lipinski definition) is 4. The Hall–Kier alpha value is -2.56. The van der Waals surface area contributed by atoms with Gasteiger partial charge in [0.05, 0.1) is 12.2 Å². The number of benzene rings is 1. The van der Waals surface area contributed by atoms with Crippen molar-refractivity contribution >= 4 is 5.91 Å². The van der Waals surface area contributed by atoms with Crippen LogP contribution in [0.25, 0.3) is 0 Å². The maximum Gasteiger partial charge on any atom is 0.220 e. The van der Waals surface area contributed by atoms with Gasteiger partial charge in [-0.25, -0.2) is 4.98 Å². The minimum Gasteiger partial charge on any atom is -0.490 e. The van der Waals surface area contributed by atoms with E-state index >= 15 is 0 Å². The van der Waals surface area contributed by atoms with Crippen LogP contribution < -0.4 is 14.8 Å². The van der Waals surface area contributed by atoms with Gasteiger partial charge < -0.3 is 14.8 Å². The van der Waals surface area contributed by atoms with Gasteiger partial charge in [-0.3, -0.25) is 4.79 Å². The average Bonchev–Trinajstić information content (AvgIpc) is 3.18. The monoisotopic (exact) mass is 382 g/mol. The van der Waals surface area contributed by atoms with Crippen molar-refractivity contribution in [1.82, 2.24) is 10.3 Å². The zero-order valence-corrected chi connectivity index (χ0v) is 16.8. The van der Waals surface area contributed by atoms with Crippen LogP contribution in [-0.2, 0) is 17.8 Å². The number of hydrogen-bond donors (Lipinski definition) is 1. The summed E-state index contributed by atoms with van der Waals surface area (Å²) < 4.78 is 11.7. The van der Waals surface area contributed by atoms with Crippen LogP contribution in [-0.4, -0.2) is 23.1 Å². The van der Waals surface area contributed by atoms with Gasteiger partial charge in [0.2, 0.25) is 11.8 Å². The molecule has 1 N–H and O–H groups in total. The lowest BCUT2D eigenvalue weighted by Gasteiger charge is -2.14. The molecule has 0 bridgehead atoms. The van der Waals surface area contributed by atoms with E-state index < -0.39 is 0 Å². The summed E-state index contributed by atoms with van der Waals surface area (Å²) in [5, 5.41) is 2.97. The van der Waals surface area contributed by atoms with E-state index in [1.165, 1.54) is 12.8 Å². The Morgan fingerprint density at radius 1 is 1.21 bits per heavy atom. The Morgan fingerprint density at radius 2 is 2.04 bits per heavy atom. The van der Waals surface area contributed by atoms with Gasteiger partial charge in [0.25, 0.3) is 0 Å². The third-order valence-corrected chi connectivity index (χ3v) is 4.82. The first-order chi connectivity index (χ1) is 13.6. The molecule has 150 valence electrons. The van der Waals surface area contributed by atoms with E-state index in [-0.39, 0.29) is 12.0 Å². The Bertz CT molecular complexity index is 770. The summed E-state index contributed by atoms with van der Waals surface area (Å²) in [6.07, 6.45) is 8.01. The largest absolute Gasteiger partial charge is 0.490 e. The third kappa shape index (κ3) is 6.25. The molecular weight excluding hydrogens is 352 g/mol. The van der Waals surface area contributed by atoms with Crippen LogP contribution in [0.4, 0.5) is 0 Å². The molecule has 1 amide bonds. The highest BCUT2D eigenvalue weighted by Crippen LogP contribution is 2.25. The molecule has 1 aliphatic rings. The second-order valence-electron chi connectivity index (χ2n) is 7.58. The summed E-state index contributed by atoms with van der Waals surface area (Å²) in [6, 6.07) is 11.9. The average molecular weight is 383 g/mol. The number of amides is 1. The molecule has 0 spiro atoms. The number of pyridine rings is 1. The first-order valence-corrected chi connectivity index (χ1v) is 10.2. The molecule has 2 aromatic rings. The molecule has 1 heterocycles. The number of aromatic nitrogens is 1. The van der Waals surface area contributed by atoms with E-state index in [4.69, 9.17) is 9.47 Å². The maximum absolute atomic E-state index is 12.3. The van der Waals surface area contributed by atoms with Crippen molar-refractivity contribution in [2.24, 2.45) is 0 Å². The molecule has 5 heteroatoms. The predicted molar refractivity (Wildman–Crippen MR) is 109 cm³/mol. The van der Waals surface area contributed by atoms with Gasteiger partial charge in [-0.1, -0.05) is 18.2 Å². The highest BCUT2D eigenvalue weighted by molar-refractivity contribution is 5.76. The minimum atomic E-state index is 0.0152. The minimum absolute atomic E-state index is 0.0152. The highest BCUT2D eigenvalue weighted by atomic mass is 16.5. The van der Waals surface area contributed by atoms with E-state index in [0.29, 0.717) is 31.4 Å². The zero-order chi connectivity index (χ0) is 19.8. The van der Waals surface area contributed by atoms with Crippen LogP contribution in [0.1, 0.15) is 57.1 Å². The van der Waals surface area contributed by atoms with Crippen LogP contribution in [0.3, 0.4) is 0 Å².